The second-order valence-electron chi connectivity index (χ2n) is 9.43. The fraction of sp³-hybridized carbons (Fsp3) is 0.200. The highest BCUT2D eigenvalue weighted by atomic mass is 32.2. The van der Waals surface area contributed by atoms with Crippen LogP contribution in [0.15, 0.2) is 94.7 Å². The molecule has 1 aliphatic rings. The molecular weight excluding hydrogens is 520 g/mol. The van der Waals surface area contributed by atoms with E-state index in [9.17, 15) is 16.8 Å². The zero-order valence-corrected chi connectivity index (χ0v) is 22.8. The molecule has 0 N–H and O–H groups in total. The molecule has 0 unspecified atom stereocenters. The van der Waals surface area contributed by atoms with E-state index in [1.54, 1.807) is 87.0 Å². The molecule has 0 saturated carbocycles. The first-order valence-corrected chi connectivity index (χ1v) is 15.4. The number of methoxy groups -OCH3 is 2. The van der Waals surface area contributed by atoms with Gasteiger partial charge >= 0.3 is 0 Å². The lowest BCUT2D eigenvalue weighted by Gasteiger charge is -2.21. The summed E-state index contributed by atoms with van der Waals surface area (Å²) in [4.78, 5) is 0.526. The molecule has 0 spiro atoms. The van der Waals surface area contributed by atoms with Crippen LogP contribution in [0.2, 0.25) is 0 Å². The number of sulfone groups is 2. The Bertz CT molecular complexity index is 1560. The molecule has 0 aliphatic heterocycles. The maximum Gasteiger partial charge on any atom is 0.182 e. The summed E-state index contributed by atoms with van der Waals surface area (Å²) in [6.07, 6.45) is 1.10. The third-order valence-corrected chi connectivity index (χ3v) is 10.2. The molecular formula is C30H28O6S2. The summed E-state index contributed by atoms with van der Waals surface area (Å²) in [6, 6.07) is 24.5. The first-order chi connectivity index (χ1) is 18.2. The normalized spacial score (nSPS) is 12.9. The molecule has 0 fully saturated rings. The Morgan fingerprint density at radius 1 is 0.526 bits per heavy atom. The van der Waals surface area contributed by atoms with Gasteiger partial charge in [-0.3, -0.25) is 0 Å². The predicted molar refractivity (Wildman–Crippen MR) is 146 cm³/mol. The van der Waals surface area contributed by atoms with Gasteiger partial charge in [-0.15, -0.1) is 0 Å². The standard InChI is InChI=1S/C30H28O6S2/c1-35-27-9-3-21(4-10-27)19-37(31,32)29-13-7-23-15-24-8-14-30(18-26(24)16-25(23)17-29)38(33,34)20-22-5-11-28(36-2)12-6-22/h3-14,17-18H,15-16,19-20H2,1-2H3. The fourth-order valence-corrected chi connectivity index (χ4v) is 7.52. The number of fused-ring (bicyclic) bond motifs is 2. The highest BCUT2D eigenvalue weighted by molar-refractivity contribution is 7.91. The van der Waals surface area contributed by atoms with Crippen LogP contribution >= 0.6 is 0 Å². The van der Waals surface area contributed by atoms with Crippen molar-refractivity contribution < 1.29 is 26.3 Å². The minimum Gasteiger partial charge on any atom is -0.497 e. The van der Waals surface area contributed by atoms with Crippen molar-refractivity contribution in [2.75, 3.05) is 14.2 Å². The van der Waals surface area contributed by atoms with E-state index in [2.05, 4.69) is 0 Å². The van der Waals surface area contributed by atoms with Gasteiger partial charge in [-0.25, -0.2) is 16.8 Å². The Balaban J connectivity index is 1.37. The van der Waals surface area contributed by atoms with Gasteiger partial charge in [0.25, 0.3) is 0 Å². The highest BCUT2D eigenvalue weighted by Crippen LogP contribution is 2.32. The average Bonchev–Trinajstić information content (AvgIpc) is 2.91. The molecule has 6 nitrogen and oxygen atoms in total. The fourth-order valence-electron chi connectivity index (χ4n) is 4.72. The van der Waals surface area contributed by atoms with Gasteiger partial charge in [0, 0.05) is 0 Å². The van der Waals surface area contributed by atoms with Gasteiger partial charge in [0.2, 0.25) is 0 Å². The van der Waals surface area contributed by atoms with E-state index in [4.69, 9.17) is 9.47 Å². The number of rotatable bonds is 8. The van der Waals surface area contributed by atoms with Crippen LogP contribution in [0.25, 0.3) is 0 Å². The zero-order chi connectivity index (χ0) is 26.9. The van der Waals surface area contributed by atoms with Gasteiger partial charge in [-0.05, 0) is 94.8 Å². The highest BCUT2D eigenvalue weighted by Gasteiger charge is 2.23. The van der Waals surface area contributed by atoms with Crippen LogP contribution in [-0.2, 0) is 44.0 Å². The SMILES string of the molecule is COc1ccc(CS(=O)(=O)c2ccc3c(c2)Cc2cc(S(=O)(=O)Cc4ccc(OC)cc4)ccc2C3)cc1. The van der Waals surface area contributed by atoms with E-state index >= 15 is 0 Å². The van der Waals surface area contributed by atoms with Crippen LogP contribution in [0.3, 0.4) is 0 Å². The summed E-state index contributed by atoms with van der Waals surface area (Å²) in [5.41, 5.74) is 5.27. The minimum atomic E-state index is -3.56. The molecule has 0 heterocycles. The van der Waals surface area contributed by atoms with Crippen molar-refractivity contribution in [1.82, 2.24) is 0 Å². The lowest BCUT2D eigenvalue weighted by Crippen LogP contribution is -2.12. The Hall–Kier alpha value is -3.62. The lowest BCUT2D eigenvalue weighted by atomic mass is 9.86. The van der Waals surface area contributed by atoms with E-state index in [1.165, 1.54) is 0 Å². The van der Waals surface area contributed by atoms with Crippen molar-refractivity contribution >= 4 is 19.7 Å². The molecule has 0 bridgehead atoms. The summed E-state index contributed by atoms with van der Waals surface area (Å²) in [5.74, 6) is 1.12. The average molecular weight is 549 g/mol. The molecule has 4 aromatic carbocycles. The van der Waals surface area contributed by atoms with E-state index in [1.807, 2.05) is 12.1 Å². The van der Waals surface area contributed by atoms with Gasteiger partial charge in [-0.2, -0.15) is 0 Å². The van der Waals surface area contributed by atoms with Crippen LogP contribution < -0.4 is 9.47 Å². The molecule has 0 atom stereocenters. The Morgan fingerprint density at radius 3 is 1.26 bits per heavy atom. The van der Waals surface area contributed by atoms with Crippen molar-refractivity contribution in [3.63, 3.8) is 0 Å². The molecule has 4 aromatic rings. The van der Waals surface area contributed by atoms with Crippen molar-refractivity contribution in [2.45, 2.75) is 34.1 Å². The third-order valence-electron chi connectivity index (χ3n) is 6.87. The molecule has 8 heteroatoms. The molecule has 0 radical (unpaired) electrons. The predicted octanol–water partition coefficient (Wildman–Crippen LogP) is 5.15. The zero-order valence-electron chi connectivity index (χ0n) is 21.2. The first-order valence-electron chi connectivity index (χ1n) is 12.1. The smallest absolute Gasteiger partial charge is 0.182 e. The second kappa shape index (κ2) is 10.3. The van der Waals surface area contributed by atoms with Gasteiger partial charge in [-0.1, -0.05) is 36.4 Å². The summed E-state index contributed by atoms with van der Waals surface area (Å²) in [5, 5.41) is 0. The van der Waals surface area contributed by atoms with Gasteiger partial charge < -0.3 is 9.47 Å². The van der Waals surface area contributed by atoms with E-state index in [0.717, 1.165) is 22.3 Å². The molecule has 196 valence electrons. The van der Waals surface area contributed by atoms with Crippen LogP contribution in [0, 0.1) is 0 Å². The third kappa shape index (κ3) is 5.47. The Labute approximate surface area is 223 Å². The number of benzene rings is 4. The summed E-state index contributed by atoms with van der Waals surface area (Å²) < 4.78 is 63.0. The minimum absolute atomic E-state index is 0.111. The topological polar surface area (TPSA) is 86.7 Å². The Kier molecular flexibility index (Phi) is 7.03. The molecule has 0 saturated heterocycles. The van der Waals surface area contributed by atoms with Crippen molar-refractivity contribution in [3.8, 4) is 11.5 Å². The quantitative estimate of drug-likeness (QED) is 0.267. The van der Waals surface area contributed by atoms with E-state index < -0.39 is 19.7 Å². The van der Waals surface area contributed by atoms with E-state index in [0.29, 0.717) is 35.5 Å². The maximum absolute atomic E-state index is 13.2. The van der Waals surface area contributed by atoms with Crippen LogP contribution in [-0.4, -0.2) is 31.1 Å². The largest absolute Gasteiger partial charge is 0.497 e. The molecule has 5 rings (SSSR count). The monoisotopic (exact) mass is 548 g/mol. The number of ether oxygens (including phenoxy) is 2. The lowest BCUT2D eigenvalue weighted by molar-refractivity contribution is 0.414. The first kappa shape index (κ1) is 26.0. The van der Waals surface area contributed by atoms with E-state index in [-0.39, 0.29) is 21.3 Å². The summed E-state index contributed by atoms with van der Waals surface area (Å²) in [6.45, 7) is 0. The van der Waals surface area contributed by atoms with Gasteiger partial charge in [0.1, 0.15) is 11.5 Å². The van der Waals surface area contributed by atoms with Crippen LogP contribution in [0.4, 0.5) is 0 Å². The summed E-state index contributed by atoms with van der Waals surface area (Å²) in [7, 11) is -3.99. The van der Waals surface area contributed by atoms with Gasteiger partial charge in [0.05, 0.1) is 35.5 Å². The molecule has 38 heavy (non-hydrogen) atoms. The van der Waals surface area contributed by atoms with Crippen LogP contribution in [0.1, 0.15) is 33.4 Å². The molecule has 0 aromatic heterocycles. The second-order valence-corrected chi connectivity index (χ2v) is 13.4. The van der Waals surface area contributed by atoms with Crippen molar-refractivity contribution in [3.05, 3.63) is 118 Å². The number of hydrogen-bond donors (Lipinski definition) is 0. The van der Waals surface area contributed by atoms with Crippen molar-refractivity contribution in [2.24, 2.45) is 0 Å². The molecule has 1 aliphatic carbocycles. The summed E-state index contributed by atoms with van der Waals surface area (Å²) >= 11 is 0. The van der Waals surface area contributed by atoms with Crippen molar-refractivity contribution in [1.29, 1.82) is 0 Å². The van der Waals surface area contributed by atoms with Crippen LogP contribution in [0.5, 0.6) is 11.5 Å². The number of hydrogen-bond acceptors (Lipinski definition) is 6. The van der Waals surface area contributed by atoms with Gasteiger partial charge in [0.15, 0.2) is 19.7 Å². The Morgan fingerprint density at radius 2 is 0.895 bits per heavy atom. The molecule has 0 amide bonds. The maximum atomic E-state index is 13.2.